The van der Waals surface area contributed by atoms with Crippen LogP contribution in [0.4, 0.5) is 0 Å². The van der Waals surface area contributed by atoms with Crippen LogP contribution in [0.1, 0.15) is 21.6 Å². The fourth-order valence-electron chi connectivity index (χ4n) is 2.74. The first-order valence-corrected chi connectivity index (χ1v) is 8.16. The predicted molar refractivity (Wildman–Crippen MR) is 95.2 cm³/mol. The number of aryl methyl sites for hydroxylation is 1. The van der Waals surface area contributed by atoms with Crippen molar-refractivity contribution in [3.63, 3.8) is 0 Å². The summed E-state index contributed by atoms with van der Waals surface area (Å²) in [5.41, 5.74) is 2.76. The Morgan fingerprint density at radius 2 is 1.76 bits per heavy atom. The van der Waals surface area contributed by atoms with Gasteiger partial charge in [-0.25, -0.2) is 0 Å². The van der Waals surface area contributed by atoms with Gasteiger partial charge >= 0.3 is 0 Å². The van der Waals surface area contributed by atoms with E-state index >= 15 is 0 Å². The Morgan fingerprint density at radius 3 is 2.40 bits per heavy atom. The Bertz CT molecular complexity index is 829. The minimum Gasteiger partial charge on any atom is -0.394 e. The highest BCUT2D eigenvalue weighted by Gasteiger charge is 2.23. The first-order valence-electron chi connectivity index (χ1n) is 8.16. The van der Waals surface area contributed by atoms with Crippen LogP contribution in [0.3, 0.4) is 0 Å². The van der Waals surface area contributed by atoms with E-state index in [-0.39, 0.29) is 18.6 Å². The number of amides is 1. The summed E-state index contributed by atoms with van der Waals surface area (Å²) in [6.07, 6.45) is 0.550. The number of nitrogens with one attached hydrogen (secondary N) is 1. The minimum atomic E-state index is -0.382. The average Bonchev–Trinajstić information content (AvgIpc) is 3.04. The number of benzene rings is 2. The minimum absolute atomic E-state index is 0.147. The van der Waals surface area contributed by atoms with Crippen LogP contribution in [0.5, 0.6) is 0 Å². The molecule has 1 atom stereocenters. The summed E-state index contributed by atoms with van der Waals surface area (Å²) in [7, 11) is 0. The summed E-state index contributed by atoms with van der Waals surface area (Å²) < 4.78 is 5.36. The van der Waals surface area contributed by atoms with Gasteiger partial charge in [0.1, 0.15) is 5.56 Å². The average molecular weight is 336 g/mol. The van der Waals surface area contributed by atoms with Gasteiger partial charge in [-0.1, -0.05) is 65.8 Å². The highest BCUT2D eigenvalue weighted by atomic mass is 16.5. The van der Waals surface area contributed by atoms with E-state index in [9.17, 15) is 9.90 Å². The van der Waals surface area contributed by atoms with Crippen LogP contribution in [-0.4, -0.2) is 28.8 Å². The maximum atomic E-state index is 12.8. The molecule has 0 fully saturated rings. The molecular formula is C20H20N2O3. The Labute approximate surface area is 146 Å². The molecule has 0 saturated carbocycles. The predicted octanol–water partition coefficient (Wildman–Crippen LogP) is 2.98. The molecule has 0 saturated heterocycles. The lowest BCUT2D eigenvalue weighted by Crippen LogP contribution is -2.39. The summed E-state index contributed by atoms with van der Waals surface area (Å²) in [5.74, 6) is 0.139. The van der Waals surface area contributed by atoms with E-state index in [0.717, 1.165) is 11.1 Å². The summed E-state index contributed by atoms with van der Waals surface area (Å²) in [5, 5.41) is 16.4. The third-order valence-corrected chi connectivity index (χ3v) is 4.01. The molecule has 1 aromatic heterocycles. The lowest BCUT2D eigenvalue weighted by atomic mass is 10.0. The molecule has 5 heteroatoms. The largest absolute Gasteiger partial charge is 0.394 e. The molecule has 0 aliphatic rings. The number of carbonyl (C=O) groups is 1. The highest BCUT2D eigenvalue weighted by Crippen LogP contribution is 2.26. The quantitative estimate of drug-likeness (QED) is 0.726. The van der Waals surface area contributed by atoms with Gasteiger partial charge in [-0.3, -0.25) is 4.79 Å². The van der Waals surface area contributed by atoms with E-state index in [4.69, 9.17) is 4.52 Å². The zero-order valence-corrected chi connectivity index (χ0v) is 14.0. The lowest BCUT2D eigenvalue weighted by molar-refractivity contribution is 0.0916. The van der Waals surface area contributed by atoms with Crippen LogP contribution in [0.2, 0.25) is 0 Å². The first-order chi connectivity index (χ1) is 12.2. The summed E-state index contributed by atoms with van der Waals surface area (Å²) in [6, 6.07) is 18.7. The van der Waals surface area contributed by atoms with Crippen molar-refractivity contribution in [1.29, 1.82) is 0 Å². The fourth-order valence-corrected chi connectivity index (χ4v) is 2.74. The Balaban J connectivity index is 1.80. The molecule has 0 bridgehead atoms. The second-order valence-electron chi connectivity index (χ2n) is 5.88. The smallest absolute Gasteiger partial charge is 0.257 e. The molecular weight excluding hydrogens is 316 g/mol. The Hall–Kier alpha value is -2.92. The van der Waals surface area contributed by atoms with Crippen LogP contribution in [-0.2, 0) is 6.42 Å². The summed E-state index contributed by atoms with van der Waals surface area (Å²) >= 11 is 0. The number of aromatic nitrogens is 1. The lowest BCUT2D eigenvalue weighted by Gasteiger charge is -2.16. The second-order valence-corrected chi connectivity index (χ2v) is 5.88. The van der Waals surface area contributed by atoms with Crippen molar-refractivity contribution < 1.29 is 14.4 Å². The van der Waals surface area contributed by atoms with Gasteiger partial charge in [0.25, 0.3) is 5.91 Å². The van der Waals surface area contributed by atoms with Crippen molar-refractivity contribution in [1.82, 2.24) is 10.5 Å². The van der Waals surface area contributed by atoms with Crippen molar-refractivity contribution in [2.75, 3.05) is 6.61 Å². The topological polar surface area (TPSA) is 75.4 Å². The van der Waals surface area contributed by atoms with Crippen LogP contribution < -0.4 is 5.32 Å². The van der Waals surface area contributed by atoms with Crippen LogP contribution >= 0.6 is 0 Å². The maximum Gasteiger partial charge on any atom is 0.257 e. The van der Waals surface area contributed by atoms with Crippen LogP contribution in [0.25, 0.3) is 11.3 Å². The monoisotopic (exact) mass is 336 g/mol. The van der Waals surface area contributed by atoms with Gasteiger partial charge in [0.05, 0.1) is 18.3 Å². The number of rotatable bonds is 6. The van der Waals surface area contributed by atoms with Gasteiger partial charge < -0.3 is 14.9 Å². The normalized spacial score (nSPS) is 11.9. The van der Waals surface area contributed by atoms with Crippen molar-refractivity contribution in [3.8, 4) is 11.3 Å². The van der Waals surface area contributed by atoms with Gasteiger partial charge in [-0.15, -0.1) is 0 Å². The van der Waals surface area contributed by atoms with Crippen molar-refractivity contribution >= 4 is 5.91 Å². The van der Waals surface area contributed by atoms with E-state index in [0.29, 0.717) is 23.4 Å². The van der Waals surface area contributed by atoms with Crippen molar-refractivity contribution in [2.24, 2.45) is 0 Å². The van der Waals surface area contributed by atoms with Crippen LogP contribution in [0, 0.1) is 6.92 Å². The number of aliphatic hydroxyl groups is 1. The second kappa shape index (κ2) is 7.77. The van der Waals surface area contributed by atoms with Gasteiger partial charge in [0.15, 0.2) is 5.76 Å². The summed E-state index contributed by atoms with van der Waals surface area (Å²) in [4.78, 5) is 12.8. The number of nitrogens with zero attached hydrogens (tertiary/aromatic N) is 1. The maximum absolute atomic E-state index is 12.8. The van der Waals surface area contributed by atoms with E-state index < -0.39 is 0 Å². The SMILES string of the molecule is Cc1noc(-c2ccccc2)c1C(=O)N[C@H](CO)Cc1ccccc1. The zero-order chi connectivity index (χ0) is 17.6. The standard InChI is InChI=1S/C20H20N2O3/c1-14-18(19(25-22-14)16-10-6-3-7-11-16)20(24)21-17(13-23)12-15-8-4-2-5-9-15/h2-11,17,23H,12-13H2,1H3,(H,21,24)/t17-/m0/s1. The summed E-state index contributed by atoms with van der Waals surface area (Å²) in [6.45, 7) is 1.58. The van der Waals surface area contributed by atoms with E-state index in [2.05, 4.69) is 10.5 Å². The van der Waals surface area contributed by atoms with Crippen LogP contribution in [0.15, 0.2) is 65.2 Å². The van der Waals surface area contributed by atoms with Gasteiger partial charge in [0.2, 0.25) is 0 Å². The molecule has 3 aromatic rings. The van der Waals surface area contributed by atoms with E-state index in [1.165, 1.54) is 0 Å². The van der Waals surface area contributed by atoms with Crippen molar-refractivity contribution in [3.05, 3.63) is 77.5 Å². The van der Waals surface area contributed by atoms with Crippen molar-refractivity contribution in [2.45, 2.75) is 19.4 Å². The molecule has 5 nitrogen and oxygen atoms in total. The molecule has 0 unspecified atom stereocenters. The molecule has 0 radical (unpaired) electrons. The number of hydrogen-bond donors (Lipinski definition) is 2. The zero-order valence-electron chi connectivity index (χ0n) is 14.0. The number of carbonyl (C=O) groups excluding carboxylic acids is 1. The van der Waals surface area contributed by atoms with E-state index in [1.54, 1.807) is 6.92 Å². The highest BCUT2D eigenvalue weighted by molar-refractivity contribution is 6.00. The molecule has 0 aliphatic heterocycles. The Kier molecular flexibility index (Phi) is 5.26. The molecule has 3 rings (SSSR count). The fraction of sp³-hybridized carbons (Fsp3) is 0.200. The molecule has 0 spiro atoms. The third-order valence-electron chi connectivity index (χ3n) is 4.01. The Morgan fingerprint density at radius 1 is 1.12 bits per heavy atom. The molecule has 1 amide bonds. The molecule has 2 N–H and O–H groups in total. The number of aliphatic hydroxyl groups excluding tert-OH is 1. The molecule has 2 aromatic carbocycles. The molecule has 128 valence electrons. The van der Waals surface area contributed by atoms with Gasteiger partial charge in [-0.05, 0) is 18.9 Å². The first kappa shape index (κ1) is 16.9. The molecule has 25 heavy (non-hydrogen) atoms. The molecule has 1 heterocycles. The molecule has 0 aliphatic carbocycles. The van der Waals surface area contributed by atoms with Gasteiger partial charge in [0, 0.05) is 5.56 Å². The number of hydrogen-bond acceptors (Lipinski definition) is 4. The van der Waals surface area contributed by atoms with E-state index in [1.807, 2.05) is 60.7 Å². The third kappa shape index (κ3) is 3.95. The van der Waals surface area contributed by atoms with Gasteiger partial charge in [-0.2, -0.15) is 0 Å².